The predicted molar refractivity (Wildman–Crippen MR) is 74.0 cm³/mol. The summed E-state index contributed by atoms with van der Waals surface area (Å²) >= 11 is 0. The highest BCUT2D eigenvalue weighted by molar-refractivity contribution is 5.68. The van der Waals surface area contributed by atoms with Gasteiger partial charge in [0, 0.05) is 24.8 Å². The number of aryl methyl sites for hydroxylation is 1. The van der Waals surface area contributed by atoms with Crippen LogP contribution in [0.3, 0.4) is 0 Å². The summed E-state index contributed by atoms with van der Waals surface area (Å²) < 4.78 is 1.84. The minimum Gasteiger partial charge on any atom is -0.362 e. The molecule has 0 aliphatic rings. The normalized spacial score (nSPS) is 12.5. The van der Waals surface area contributed by atoms with E-state index in [-0.39, 0.29) is 6.04 Å². The molecule has 3 aromatic rings. The molecule has 0 fully saturated rings. The van der Waals surface area contributed by atoms with Gasteiger partial charge in [-0.1, -0.05) is 0 Å². The Bertz CT molecular complexity index is 689. The number of pyridine rings is 1. The van der Waals surface area contributed by atoms with Crippen molar-refractivity contribution < 1.29 is 0 Å². The van der Waals surface area contributed by atoms with E-state index in [0.717, 1.165) is 17.0 Å². The largest absolute Gasteiger partial charge is 0.362 e. The molecule has 1 unspecified atom stereocenters. The molecular weight excluding hydrogens is 238 g/mol. The van der Waals surface area contributed by atoms with Gasteiger partial charge >= 0.3 is 0 Å². The lowest BCUT2D eigenvalue weighted by atomic mass is 10.1. The molecule has 0 saturated carbocycles. The van der Waals surface area contributed by atoms with Gasteiger partial charge in [0.25, 0.3) is 0 Å². The van der Waals surface area contributed by atoms with Crippen LogP contribution in [0.2, 0.25) is 0 Å². The first kappa shape index (κ1) is 11.6. The monoisotopic (exact) mass is 253 g/mol. The molecular formula is C14H15N5. The standard InChI is InChI=1S/C14H15N5/c1-10-9-13-14(16-7-8-19(13)18-10)17-11(2)12-3-5-15-6-4-12/h3-9,11H,1-2H3,(H,16,17). The zero-order chi connectivity index (χ0) is 13.2. The van der Waals surface area contributed by atoms with Crippen molar-refractivity contribution in [2.24, 2.45) is 0 Å². The van der Waals surface area contributed by atoms with Gasteiger partial charge in [-0.15, -0.1) is 0 Å². The van der Waals surface area contributed by atoms with E-state index >= 15 is 0 Å². The van der Waals surface area contributed by atoms with Crippen molar-refractivity contribution in [1.82, 2.24) is 19.6 Å². The van der Waals surface area contributed by atoms with Crippen LogP contribution in [0, 0.1) is 6.92 Å². The van der Waals surface area contributed by atoms with Gasteiger partial charge in [-0.3, -0.25) is 4.98 Å². The summed E-state index contributed by atoms with van der Waals surface area (Å²) in [6.07, 6.45) is 7.20. The van der Waals surface area contributed by atoms with Crippen LogP contribution in [0.1, 0.15) is 24.2 Å². The zero-order valence-corrected chi connectivity index (χ0v) is 10.9. The Balaban J connectivity index is 1.93. The summed E-state index contributed by atoms with van der Waals surface area (Å²) in [7, 11) is 0. The third-order valence-corrected chi connectivity index (χ3v) is 3.07. The van der Waals surface area contributed by atoms with Crippen molar-refractivity contribution in [1.29, 1.82) is 0 Å². The SMILES string of the molecule is Cc1cc2c(NC(C)c3ccncc3)nccn2n1. The highest BCUT2D eigenvalue weighted by Gasteiger charge is 2.09. The lowest BCUT2D eigenvalue weighted by Crippen LogP contribution is -2.09. The van der Waals surface area contributed by atoms with E-state index in [0.29, 0.717) is 0 Å². The van der Waals surface area contributed by atoms with Gasteiger partial charge in [0.1, 0.15) is 5.52 Å². The summed E-state index contributed by atoms with van der Waals surface area (Å²) in [6, 6.07) is 6.19. The van der Waals surface area contributed by atoms with Crippen LogP contribution in [0.25, 0.3) is 5.52 Å². The average Bonchev–Trinajstić information content (AvgIpc) is 2.81. The fraction of sp³-hybridized carbons (Fsp3) is 0.214. The van der Waals surface area contributed by atoms with Crippen molar-refractivity contribution in [3.05, 3.63) is 54.2 Å². The van der Waals surface area contributed by atoms with Crippen LogP contribution in [-0.4, -0.2) is 19.6 Å². The summed E-state index contributed by atoms with van der Waals surface area (Å²) in [5.74, 6) is 0.840. The Morgan fingerprint density at radius 2 is 2.00 bits per heavy atom. The molecule has 19 heavy (non-hydrogen) atoms. The Morgan fingerprint density at radius 3 is 2.79 bits per heavy atom. The highest BCUT2D eigenvalue weighted by Crippen LogP contribution is 2.21. The molecule has 0 saturated heterocycles. The molecule has 0 radical (unpaired) electrons. The third-order valence-electron chi connectivity index (χ3n) is 3.07. The minimum absolute atomic E-state index is 0.164. The molecule has 3 rings (SSSR count). The second-order valence-electron chi connectivity index (χ2n) is 4.54. The molecule has 0 aliphatic heterocycles. The van der Waals surface area contributed by atoms with Crippen molar-refractivity contribution in [2.45, 2.75) is 19.9 Å². The number of nitrogens with one attached hydrogen (secondary N) is 1. The molecule has 0 aliphatic carbocycles. The van der Waals surface area contributed by atoms with Crippen molar-refractivity contribution >= 4 is 11.3 Å². The maximum absolute atomic E-state index is 4.40. The highest BCUT2D eigenvalue weighted by atomic mass is 15.2. The molecule has 0 bridgehead atoms. The molecule has 0 amide bonds. The second-order valence-corrected chi connectivity index (χ2v) is 4.54. The van der Waals surface area contributed by atoms with E-state index in [1.807, 2.05) is 35.8 Å². The lowest BCUT2D eigenvalue weighted by molar-refractivity contribution is 0.861. The van der Waals surface area contributed by atoms with Gasteiger partial charge in [0.15, 0.2) is 5.82 Å². The predicted octanol–water partition coefficient (Wildman–Crippen LogP) is 2.61. The third kappa shape index (κ3) is 2.27. The van der Waals surface area contributed by atoms with Gasteiger partial charge < -0.3 is 5.32 Å². The van der Waals surface area contributed by atoms with E-state index in [2.05, 4.69) is 27.3 Å². The van der Waals surface area contributed by atoms with Crippen LogP contribution in [0.15, 0.2) is 43.0 Å². The zero-order valence-electron chi connectivity index (χ0n) is 10.9. The van der Waals surface area contributed by atoms with Crippen LogP contribution in [0.4, 0.5) is 5.82 Å². The number of anilines is 1. The molecule has 3 heterocycles. The molecule has 96 valence electrons. The van der Waals surface area contributed by atoms with Crippen LogP contribution in [-0.2, 0) is 0 Å². The fourth-order valence-electron chi connectivity index (χ4n) is 2.10. The minimum atomic E-state index is 0.164. The summed E-state index contributed by atoms with van der Waals surface area (Å²) in [6.45, 7) is 4.08. The number of aromatic nitrogens is 4. The number of hydrogen-bond acceptors (Lipinski definition) is 4. The first-order valence-corrected chi connectivity index (χ1v) is 6.21. The van der Waals surface area contributed by atoms with Gasteiger partial charge in [-0.2, -0.15) is 5.10 Å². The Labute approximate surface area is 111 Å². The molecule has 5 heteroatoms. The molecule has 5 nitrogen and oxygen atoms in total. The summed E-state index contributed by atoms with van der Waals surface area (Å²) in [5, 5.41) is 7.80. The van der Waals surface area contributed by atoms with E-state index < -0.39 is 0 Å². The fourth-order valence-corrected chi connectivity index (χ4v) is 2.10. The molecule has 0 spiro atoms. The summed E-state index contributed by atoms with van der Waals surface area (Å²) in [5.41, 5.74) is 3.14. The van der Waals surface area contributed by atoms with Crippen molar-refractivity contribution in [3.8, 4) is 0 Å². The van der Waals surface area contributed by atoms with Crippen molar-refractivity contribution in [2.75, 3.05) is 5.32 Å². The van der Waals surface area contributed by atoms with E-state index in [9.17, 15) is 0 Å². The first-order valence-electron chi connectivity index (χ1n) is 6.21. The van der Waals surface area contributed by atoms with Gasteiger partial charge in [0.05, 0.1) is 11.7 Å². The molecule has 1 N–H and O–H groups in total. The number of hydrogen-bond donors (Lipinski definition) is 1. The Morgan fingerprint density at radius 1 is 1.21 bits per heavy atom. The Hall–Kier alpha value is -2.43. The van der Waals surface area contributed by atoms with Crippen molar-refractivity contribution in [3.63, 3.8) is 0 Å². The lowest BCUT2D eigenvalue weighted by Gasteiger charge is -2.15. The maximum atomic E-state index is 4.40. The van der Waals surface area contributed by atoms with Crippen LogP contribution >= 0.6 is 0 Å². The van der Waals surface area contributed by atoms with Crippen LogP contribution in [0.5, 0.6) is 0 Å². The molecule has 1 atom stereocenters. The maximum Gasteiger partial charge on any atom is 0.152 e. The van der Waals surface area contributed by atoms with E-state index in [1.165, 1.54) is 5.56 Å². The second kappa shape index (κ2) is 4.68. The van der Waals surface area contributed by atoms with Crippen LogP contribution < -0.4 is 5.32 Å². The first-order chi connectivity index (χ1) is 9.24. The topological polar surface area (TPSA) is 55.1 Å². The number of fused-ring (bicyclic) bond motifs is 1. The van der Waals surface area contributed by atoms with Gasteiger partial charge in [0.2, 0.25) is 0 Å². The smallest absolute Gasteiger partial charge is 0.152 e. The quantitative estimate of drug-likeness (QED) is 0.779. The van der Waals surface area contributed by atoms with Gasteiger partial charge in [-0.25, -0.2) is 9.50 Å². The van der Waals surface area contributed by atoms with E-state index in [1.54, 1.807) is 18.6 Å². The van der Waals surface area contributed by atoms with Gasteiger partial charge in [-0.05, 0) is 37.6 Å². The number of nitrogens with zero attached hydrogens (tertiary/aromatic N) is 4. The number of rotatable bonds is 3. The van der Waals surface area contributed by atoms with E-state index in [4.69, 9.17) is 0 Å². The molecule has 3 aromatic heterocycles. The Kier molecular flexibility index (Phi) is 2.87. The summed E-state index contributed by atoms with van der Waals surface area (Å²) in [4.78, 5) is 8.43. The average molecular weight is 253 g/mol. The molecule has 0 aromatic carbocycles.